The second-order valence-electron chi connectivity index (χ2n) is 9.85. The van der Waals surface area contributed by atoms with Gasteiger partial charge in [0.2, 0.25) is 5.69 Å². The van der Waals surface area contributed by atoms with Crippen LogP contribution in [0.4, 0.5) is 11.5 Å². The molecule has 5 heterocycles. The first kappa shape index (κ1) is 22.2. The molecule has 0 radical (unpaired) electrons. The summed E-state index contributed by atoms with van der Waals surface area (Å²) in [5, 5.41) is 1.70. The van der Waals surface area contributed by atoms with Gasteiger partial charge in [0, 0.05) is 25.3 Å². The molecule has 0 bridgehead atoms. The van der Waals surface area contributed by atoms with Crippen molar-refractivity contribution >= 4 is 40.1 Å². The molecule has 1 spiro atoms. The molecule has 7 rings (SSSR count). The van der Waals surface area contributed by atoms with Crippen LogP contribution in [0, 0.1) is 12.0 Å². The molecule has 2 N–H and O–H groups in total. The van der Waals surface area contributed by atoms with E-state index in [2.05, 4.69) is 44.0 Å². The van der Waals surface area contributed by atoms with Gasteiger partial charge in [-0.25, -0.2) is 24.8 Å². The lowest BCUT2D eigenvalue weighted by Gasteiger charge is -2.42. The molecule has 0 unspecified atom stereocenters. The van der Waals surface area contributed by atoms with Crippen molar-refractivity contribution in [3.8, 4) is 0 Å². The molecule has 1 aromatic carbocycles. The van der Waals surface area contributed by atoms with Gasteiger partial charge in [-0.05, 0) is 65.8 Å². The van der Waals surface area contributed by atoms with Gasteiger partial charge in [-0.1, -0.05) is 30.3 Å². The molecule has 1 saturated heterocycles. The van der Waals surface area contributed by atoms with Crippen LogP contribution in [0.1, 0.15) is 30.0 Å². The van der Waals surface area contributed by atoms with Crippen molar-refractivity contribution in [3.63, 3.8) is 0 Å². The number of hydrogen-bond acceptors (Lipinski definition) is 7. The van der Waals surface area contributed by atoms with Crippen molar-refractivity contribution in [2.75, 3.05) is 18.0 Å². The van der Waals surface area contributed by atoms with Gasteiger partial charge in [0.1, 0.15) is 27.0 Å². The van der Waals surface area contributed by atoms with Gasteiger partial charge in [0.25, 0.3) is 0 Å². The average Bonchev–Trinajstić information content (AvgIpc) is 3.46. The van der Waals surface area contributed by atoms with E-state index in [0.29, 0.717) is 11.3 Å². The first-order valence-corrected chi connectivity index (χ1v) is 13.2. The van der Waals surface area contributed by atoms with Crippen molar-refractivity contribution in [1.29, 1.82) is 0 Å². The maximum atomic E-state index is 7.27. The molecule has 0 amide bonds. The van der Waals surface area contributed by atoms with Crippen LogP contribution in [0.15, 0.2) is 77.2 Å². The molecular weight excluding hydrogens is 480 g/mol. The van der Waals surface area contributed by atoms with Gasteiger partial charge in [-0.15, -0.1) is 0 Å². The third-order valence-corrected chi connectivity index (χ3v) is 8.78. The van der Waals surface area contributed by atoms with E-state index in [-0.39, 0.29) is 11.5 Å². The first-order valence-electron chi connectivity index (χ1n) is 12.4. The minimum absolute atomic E-state index is 0.106. The highest BCUT2D eigenvalue weighted by atomic mass is 32.2. The zero-order valence-electron chi connectivity index (χ0n) is 20.1. The van der Waals surface area contributed by atoms with Crippen LogP contribution in [-0.2, 0) is 6.42 Å². The van der Waals surface area contributed by atoms with Crippen molar-refractivity contribution < 1.29 is 0 Å². The summed E-state index contributed by atoms with van der Waals surface area (Å²) in [6.07, 6.45) is 8.59. The second-order valence-corrected chi connectivity index (χ2v) is 10.9. The van der Waals surface area contributed by atoms with E-state index in [1.54, 1.807) is 18.5 Å². The summed E-state index contributed by atoms with van der Waals surface area (Å²) < 4.78 is 1.91. The first-order chi connectivity index (χ1) is 18.1. The third kappa shape index (κ3) is 3.72. The molecule has 1 aliphatic heterocycles. The lowest BCUT2D eigenvalue weighted by Crippen LogP contribution is -2.44. The normalized spacial score (nSPS) is 18.4. The molecule has 37 heavy (non-hydrogen) atoms. The maximum absolute atomic E-state index is 7.27. The quantitative estimate of drug-likeness (QED) is 0.337. The zero-order chi connectivity index (χ0) is 25.0. The Labute approximate surface area is 218 Å². The summed E-state index contributed by atoms with van der Waals surface area (Å²) >= 11 is 1.49. The predicted molar refractivity (Wildman–Crippen MR) is 144 cm³/mol. The summed E-state index contributed by atoms with van der Waals surface area (Å²) in [7, 11) is 0. The Morgan fingerprint density at radius 3 is 2.70 bits per heavy atom. The number of benzene rings is 1. The van der Waals surface area contributed by atoms with Gasteiger partial charge >= 0.3 is 0 Å². The molecule has 5 aromatic rings. The minimum atomic E-state index is 0.106. The molecule has 1 atom stereocenters. The number of pyridine rings is 2. The zero-order valence-corrected chi connectivity index (χ0v) is 20.9. The van der Waals surface area contributed by atoms with E-state index in [1.165, 1.54) is 22.9 Å². The van der Waals surface area contributed by atoms with Crippen LogP contribution >= 0.6 is 11.8 Å². The fraction of sp³-hybridized carbons (Fsp3) is 0.250. The summed E-state index contributed by atoms with van der Waals surface area (Å²) in [4.78, 5) is 24.5. The number of nitrogens with zero attached hydrogens (tertiary/aromatic N) is 7. The number of fused-ring (bicyclic) bond motifs is 3. The van der Waals surface area contributed by atoms with Crippen LogP contribution in [0.25, 0.3) is 21.7 Å². The predicted octanol–water partition coefficient (Wildman–Crippen LogP) is 5.22. The van der Waals surface area contributed by atoms with Crippen molar-refractivity contribution in [2.45, 2.75) is 35.4 Å². The minimum Gasteiger partial charge on any atom is -0.355 e. The Kier molecular flexibility index (Phi) is 5.13. The maximum Gasteiger partial charge on any atom is 0.203 e. The number of nitrogens with two attached hydrogens (primary N) is 1. The molecule has 1 fully saturated rings. The van der Waals surface area contributed by atoms with E-state index >= 15 is 0 Å². The number of imidazole rings is 1. The van der Waals surface area contributed by atoms with E-state index in [0.717, 1.165) is 59.4 Å². The highest BCUT2D eigenvalue weighted by molar-refractivity contribution is 7.99. The number of rotatable bonds is 3. The largest absolute Gasteiger partial charge is 0.355 e. The molecule has 0 saturated carbocycles. The van der Waals surface area contributed by atoms with E-state index < -0.39 is 0 Å². The van der Waals surface area contributed by atoms with Gasteiger partial charge in [0.05, 0.1) is 19.0 Å². The molecular formula is C28H24N8S. The Bertz CT molecular complexity index is 1700. The van der Waals surface area contributed by atoms with Crippen molar-refractivity contribution in [1.82, 2.24) is 24.3 Å². The number of aromatic nitrogens is 5. The van der Waals surface area contributed by atoms with Crippen LogP contribution in [-0.4, -0.2) is 37.4 Å². The lowest BCUT2D eigenvalue weighted by molar-refractivity contribution is 0.187. The molecule has 8 nitrogen and oxygen atoms in total. The standard InChI is InChI=1S/C28H24N8S/c1-30-19-6-8-22-31-16-25(36(22)17-19)37-24-9-7-21-27(34-24)32-15-23(33-21)35-12-10-28(11-13-35)14-18-4-2-3-5-20(18)26(28)29/h2-9,15-17,26H,10-14,29H2/t26-/m1/s1. The van der Waals surface area contributed by atoms with Gasteiger partial charge in [-0.2, -0.15) is 0 Å². The lowest BCUT2D eigenvalue weighted by atomic mass is 9.73. The monoisotopic (exact) mass is 504 g/mol. The Morgan fingerprint density at radius 1 is 1.00 bits per heavy atom. The van der Waals surface area contributed by atoms with E-state index in [1.807, 2.05) is 28.8 Å². The van der Waals surface area contributed by atoms with Crippen LogP contribution in [0.2, 0.25) is 0 Å². The number of piperidine rings is 1. The topological polar surface area (TPSA) is 89.6 Å². The highest BCUT2D eigenvalue weighted by Gasteiger charge is 2.45. The fourth-order valence-electron chi connectivity index (χ4n) is 5.77. The Balaban J connectivity index is 1.09. The van der Waals surface area contributed by atoms with Crippen molar-refractivity contribution in [2.24, 2.45) is 11.1 Å². The molecule has 2 aliphatic rings. The van der Waals surface area contributed by atoms with Gasteiger partial charge in [-0.3, -0.25) is 0 Å². The summed E-state index contributed by atoms with van der Waals surface area (Å²) in [5.74, 6) is 0.891. The molecule has 9 heteroatoms. The Morgan fingerprint density at radius 2 is 1.86 bits per heavy atom. The van der Waals surface area contributed by atoms with E-state index in [4.69, 9.17) is 22.3 Å². The van der Waals surface area contributed by atoms with E-state index in [9.17, 15) is 0 Å². The number of hydrogen-bond donors (Lipinski definition) is 1. The Hall–Kier alpha value is -4.00. The SMILES string of the molecule is [C-]#[N+]c1ccc2ncc(Sc3ccc4nc(N5CCC6(CC5)Cc5ccccc5[C@H]6N)cnc4n3)n2c1. The average molecular weight is 505 g/mol. The summed E-state index contributed by atoms with van der Waals surface area (Å²) in [6, 6.07) is 16.3. The molecule has 1 aliphatic carbocycles. The van der Waals surface area contributed by atoms with Gasteiger partial charge < -0.3 is 15.0 Å². The summed E-state index contributed by atoms with van der Waals surface area (Å²) in [5.41, 5.74) is 12.4. The molecule has 182 valence electrons. The smallest absolute Gasteiger partial charge is 0.203 e. The van der Waals surface area contributed by atoms with Crippen LogP contribution in [0.3, 0.4) is 0 Å². The summed E-state index contributed by atoms with van der Waals surface area (Å²) in [6.45, 7) is 9.11. The fourth-order valence-corrected chi connectivity index (χ4v) is 6.60. The van der Waals surface area contributed by atoms with Crippen LogP contribution in [0.5, 0.6) is 0 Å². The van der Waals surface area contributed by atoms with Crippen molar-refractivity contribution in [3.05, 3.63) is 89.7 Å². The number of anilines is 1. The van der Waals surface area contributed by atoms with Crippen LogP contribution < -0.4 is 10.6 Å². The second kappa shape index (κ2) is 8.54. The third-order valence-electron chi connectivity index (χ3n) is 7.84. The van der Waals surface area contributed by atoms with Gasteiger partial charge in [0.15, 0.2) is 5.65 Å². The highest BCUT2D eigenvalue weighted by Crippen LogP contribution is 2.50. The molecule has 4 aromatic heterocycles.